The molecule has 2 aromatic rings. The molecule has 47 heavy (non-hydrogen) atoms. The standard InChI is InChI=1S/C39H52N2O5S/c1-25(2)30-21-32(27(5)34(38(30)42)23-40-17-11-7-12-18-40)37(29-15-9-10-16-36(29)47(44,45)46)33-22-31(26(3)4)39(43)35(28(33)6)24-41-19-13-8-14-20-41/h9-10,15-16,21-22,25-26,42H,7-8,11-14,17-20,23-24H2,1-6H3,(H,44,45,46)/b37-33-. The first-order valence-corrected chi connectivity index (χ1v) is 18.8. The Morgan fingerprint density at radius 2 is 1.40 bits per heavy atom. The van der Waals surface area contributed by atoms with Crippen LogP contribution in [0.2, 0.25) is 0 Å². The minimum atomic E-state index is -4.60. The number of phenolic OH excluding ortho intramolecular Hbond substituents is 1. The molecule has 0 spiro atoms. The smallest absolute Gasteiger partial charge is 0.295 e. The van der Waals surface area contributed by atoms with Gasteiger partial charge in [-0.15, -0.1) is 0 Å². The highest BCUT2D eigenvalue weighted by Crippen LogP contribution is 2.44. The minimum Gasteiger partial charge on any atom is -0.507 e. The van der Waals surface area contributed by atoms with Crippen molar-refractivity contribution in [1.29, 1.82) is 0 Å². The van der Waals surface area contributed by atoms with Gasteiger partial charge in [0.05, 0.1) is 0 Å². The molecule has 0 unspecified atom stereocenters. The van der Waals surface area contributed by atoms with Gasteiger partial charge in [-0.05, 0) is 129 Å². The third kappa shape index (κ3) is 7.51. The summed E-state index contributed by atoms with van der Waals surface area (Å²) in [5, 5.41) is 11.7. The Morgan fingerprint density at radius 3 is 1.96 bits per heavy atom. The number of ketones is 1. The number of phenols is 1. The van der Waals surface area contributed by atoms with Crippen LogP contribution in [-0.2, 0) is 21.5 Å². The predicted molar refractivity (Wildman–Crippen MR) is 189 cm³/mol. The molecule has 5 rings (SSSR count). The summed E-state index contributed by atoms with van der Waals surface area (Å²) < 4.78 is 36.4. The van der Waals surface area contributed by atoms with Gasteiger partial charge >= 0.3 is 0 Å². The molecular formula is C39H52N2O5S. The Balaban J connectivity index is 1.88. The number of nitrogens with zero attached hydrogens (tertiary/aromatic N) is 2. The van der Waals surface area contributed by atoms with Gasteiger partial charge in [0.1, 0.15) is 10.6 Å². The molecule has 3 aliphatic rings. The summed E-state index contributed by atoms with van der Waals surface area (Å²) >= 11 is 0. The van der Waals surface area contributed by atoms with E-state index in [0.717, 1.165) is 90.8 Å². The first-order chi connectivity index (χ1) is 22.3. The van der Waals surface area contributed by atoms with Crippen molar-refractivity contribution in [3.8, 4) is 5.75 Å². The number of benzene rings is 2. The largest absolute Gasteiger partial charge is 0.507 e. The molecule has 2 aliphatic heterocycles. The summed E-state index contributed by atoms with van der Waals surface area (Å²) in [5.41, 5.74) is 7.35. The topological polar surface area (TPSA) is 98.2 Å². The average molecular weight is 661 g/mol. The van der Waals surface area contributed by atoms with E-state index in [9.17, 15) is 22.9 Å². The van der Waals surface area contributed by atoms with E-state index in [1.165, 1.54) is 18.9 Å². The van der Waals surface area contributed by atoms with Gasteiger partial charge in [-0.3, -0.25) is 19.1 Å². The molecule has 0 amide bonds. The Bertz CT molecular complexity index is 1720. The number of carbonyl (C=O) groups is 1. The molecule has 2 fully saturated rings. The van der Waals surface area contributed by atoms with Crippen molar-refractivity contribution in [2.45, 2.75) is 97.4 Å². The number of carbonyl (C=O) groups excluding carboxylic acids is 1. The fourth-order valence-corrected chi connectivity index (χ4v) is 8.17. The Hall–Kier alpha value is -3.04. The zero-order valence-electron chi connectivity index (χ0n) is 29.0. The third-order valence-electron chi connectivity index (χ3n) is 10.3. The summed E-state index contributed by atoms with van der Waals surface area (Å²) in [7, 11) is -4.60. The zero-order valence-corrected chi connectivity index (χ0v) is 29.8. The lowest BCUT2D eigenvalue weighted by molar-refractivity contribution is -0.113. The molecule has 2 aromatic carbocycles. The van der Waals surface area contributed by atoms with Crippen molar-refractivity contribution in [2.75, 3.05) is 32.7 Å². The maximum absolute atomic E-state index is 14.1. The van der Waals surface area contributed by atoms with Crippen molar-refractivity contribution in [1.82, 2.24) is 9.80 Å². The summed E-state index contributed by atoms with van der Waals surface area (Å²) in [6.45, 7) is 17.1. The molecule has 1 aliphatic carbocycles. The molecule has 8 heteroatoms. The van der Waals surface area contributed by atoms with Crippen LogP contribution in [0.3, 0.4) is 0 Å². The molecule has 254 valence electrons. The maximum Gasteiger partial charge on any atom is 0.295 e. The van der Waals surface area contributed by atoms with Crippen molar-refractivity contribution < 1.29 is 22.9 Å². The van der Waals surface area contributed by atoms with E-state index in [2.05, 4.69) is 23.6 Å². The summed E-state index contributed by atoms with van der Waals surface area (Å²) in [5.74, 6) is 0.278. The van der Waals surface area contributed by atoms with Gasteiger partial charge < -0.3 is 5.11 Å². The van der Waals surface area contributed by atoms with E-state index in [4.69, 9.17) is 0 Å². The van der Waals surface area contributed by atoms with E-state index in [0.29, 0.717) is 29.8 Å². The van der Waals surface area contributed by atoms with E-state index in [1.54, 1.807) is 18.2 Å². The molecule has 2 heterocycles. The third-order valence-corrected chi connectivity index (χ3v) is 11.2. The number of aromatic hydroxyl groups is 1. The Morgan fingerprint density at radius 1 is 0.830 bits per heavy atom. The van der Waals surface area contributed by atoms with E-state index >= 15 is 0 Å². The fraction of sp³-hybridized carbons (Fsp3) is 0.513. The number of Topliss-reactive ketones (excluding diaryl/α,β-unsaturated/α-hetero) is 1. The average Bonchev–Trinajstić information content (AvgIpc) is 3.03. The highest BCUT2D eigenvalue weighted by atomic mass is 32.2. The fourth-order valence-electron chi connectivity index (χ4n) is 7.47. The maximum atomic E-state index is 14.1. The van der Waals surface area contributed by atoms with Gasteiger partial charge in [0.2, 0.25) is 0 Å². The molecule has 2 saturated heterocycles. The molecule has 0 radical (unpaired) electrons. The van der Waals surface area contributed by atoms with Gasteiger partial charge in [-0.1, -0.05) is 58.7 Å². The quantitative estimate of drug-likeness (QED) is 0.265. The Kier molecular flexibility index (Phi) is 11.0. The number of allylic oxidation sites excluding steroid dienone is 4. The van der Waals surface area contributed by atoms with Crippen LogP contribution in [0.5, 0.6) is 5.75 Å². The Labute approximate surface area is 281 Å². The van der Waals surface area contributed by atoms with Crippen LogP contribution >= 0.6 is 0 Å². The van der Waals surface area contributed by atoms with Crippen molar-refractivity contribution in [2.24, 2.45) is 5.92 Å². The van der Waals surface area contributed by atoms with Crippen LogP contribution in [0.4, 0.5) is 0 Å². The monoisotopic (exact) mass is 660 g/mol. The van der Waals surface area contributed by atoms with Gasteiger partial charge in [0.15, 0.2) is 5.78 Å². The van der Waals surface area contributed by atoms with Crippen molar-refractivity contribution in [3.63, 3.8) is 0 Å². The molecule has 0 aromatic heterocycles. The van der Waals surface area contributed by atoms with Crippen LogP contribution in [0.15, 0.2) is 63.6 Å². The molecule has 0 saturated carbocycles. The first-order valence-electron chi connectivity index (χ1n) is 17.4. The number of likely N-dealkylation sites (tertiary alicyclic amines) is 2. The zero-order chi connectivity index (χ0) is 34.0. The number of hydrogen-bond donors (Lipinski definition) is 2. The van der Waals surface area contributed by atoms with Crippen molar-refractivity contribution >= 4 is 21.5 Å². The van der Waals surface area contributed by atoms with Crippen LogP contribution in [0, 0.1) is 12.8 Å². The predicted octanol–water partition coefficient (Wildman–Crippen LogP) is 7.83. The lowest BCUT2D eigenvalue weighted by Crippen LogP contribution is -2.35. The summed E-state index contributed by atoms with van der Waals surface area (Å²) in [4.78, 5) is 18.7. The van der Waals surface area contributed by atoms with E-state index < -0.39 is 10.1 Å². The summed E-state index contributed by atoms with van der Waals surface area (Å²) in [6.07, 6.45) is 8.79. The van der Waals surface area contributed by atoms with Gasteiger partial charge in [0.25, 0.3) is 10.1 Å². The van der Waals surface area contributed by atoms with E-state index in [1.807, 2.05) is 39.8 Å². The SMILES string of the molecule is CC1=C(CN2CCCCC2)C(=O)C(C(C)C)=C/C1=C(\c1ccccc1S(=O)(=O)O)c1cc(C(C)C)c(O)c(CN2CCCCC2)c1C. The van der Waals surface area contributed by atoms with E-state index in [-0.39, 0.29) is 28.3 Å². The normalized spacial score (nSPS) is 19.9. The van der Waals surface area contributed by atoms with Gasteiger partial charge in [0, 0.05) is 35.4 Å². The van der Waals surface area contributed by atoms with Gasteiger partial charge in [-0.25, -0.2) is 0 Å². The number of hydrogen-bond acceptors (Lipinski definition) is 6. The van der Waals surface area contributed by atoms with Crippen LogP contribution in [-0.4, -0.2) is 66.4 Å². The number of piperidine rings is 2. The second-order valence-corrected chi connectivity index (χ2v) is 15.6. The van der Waals surface area contributed by atoms with Crippen LogP contribution in [0.1, 0.15) is 107 Å². The number of rotatable bonds is 9. The second kappa shape index (κ2) is 14.6. The van der Waals surface area contributed by atoms with Gasteiger partial charge in [-0.2, -0.15) is 8.42 Å². The highest BCUT2D eigenvalue weighted by molar-refractivity contribution is 7.86. The second-order valence-electron chi connectivity index (χ2n) is 14.2. The van der Waals surface area contributed by atoms with Crippen LogP contribution in [0.25, 0.3) is 5.57 Å². The highest BCUT2D eigenvalue weighted by Gasteiger charge is 2.32. The molecule has 0 atom stereocenters. The molecule has 7 nitrogen and oxygen atoms in total. The molecule has 0 bridgehead atoms. The lowest BCUT2D eigenvalue weighted by Gasteiger charge is -2.32. The molecular weight excluding hydrogens is 609 g/mol. The molecule has 2 N–H and O–H groups in total. The lowest BCUT2D eigenvalue weighted by atomic mass is 9.77. The first kappa shape index (κ1) is 35.3. The van der Waals surface area contributed by atoms with Crippen LogP contribution < -0.4 is 0 Å². The minimum absolute atomic E-state index is 0.00136. The van der Waals surface area contributed by atoms with Crippen molar-refractivity contribution in [3.05, 3.63) is 86.5 Å². The summed E-state index contributed by atoms with van der Waals surface area (Å²) in [6, 6.07) is 8.58.